The van der Waals surface area contributed by atoms with Crippen molar-refractivity contribution in [2.45, 2.75) is 25.8 Å². The Balaban J connectivity index is 1.46. The van der Waals surface area contributed by atoms with Gasteiger partial charge in [-0.15, -0.1) is 0 Å². The molecule has 0 saturated carbocycles. The third-order valence-electron chi connectivity index (χ3n) is 5.66. The van der Waals surface area contributed by atoms with E-state index < -0.39 is 23.8 Å². The molecule has 0 aliphatic carbocycles. The van der Waals surface area contributed by atoms with E-state index in [0.29, 0.717) is 11.3 Å². The number of nitrogens with one attached hydrogen (secondary N) is 2. The number of aliphatic carboxylic acids is 1. The maximum absolute atomic E-state index is 13.5. The minimum absolute atomic E-state index is 0.0261. The van der Waals surface area contributed by atoms with Crippen LogP contribution in [0.5, 0.6) is 0 Å². The molecule has 0 radical (unpaired) electrons. The number of nitrogens with zero attached hydrogens (tertiary/aromatic N) is 1. The number of H-pyrrole nitrogens is 1. The maximum Gasteiger partial charge on any atom is 0.326 e. The van der Waals surface area contributed by atoms with Crippen LogP contribution in [0.1, 0.15) is 17.5 Å². The zero-order valence-electron chi connectivity index (χ0n) is 16.9. The van der Waals surface area contributed by atoms with Gasteiger partial charge in [0.05, 0.1) is 5.92 Å². The summed E-state index contributed by atoms with van der Waals surface area (Å²) in [5.41, 5.74) is 2.60. The molecule has 0 spiro atoms. The van der Waals surface area contributed by atoms with Crippen LogP contribution in [0.4, 0.5) is 10.1 Å². The van der Waals surface area contributed by atoms with Crippen molar-refractivity contribution >= 4 is 34.4 Å². The molecule has 2 aromatic carbocycles. The highest BCUT2D eigenvalue weighted by Crippen LogP contribution is 2.27. The molecule has 2 atom stereocenters. The van der Waals surface area contributed by atoms with E-state index in [2.05, 4.69) is 10.3 Å². The lowest BCUT2D eigenvalue weighted by molar-refractivity contribution is -0.142. The molecular formula is C23H22FN3O4. The fourth-order valence-corrected chi connectivity index (χ4v) is 3.94. The number of fused-ring (bicyclic) bond motifs is 1. The van der Waals surface area contributed by atoms with Gasteiger partial charge in [-0.3, -0.25) is 9.59 Å². The summed E-state index contributed by atoms with van der Waals surface area (Å²) < 4.78 is 13.5. The first-order chi connectivity index (χ1) is 14.8. The van der Waals surface area contributed by atoms with Crippen molar-refractivity contribution in [2.24, 2.45) is 5.92 Å². The van der Waals surface area contributed by atoms with Crippen LogP contribution in [-0.4, -0.2) is 40.5 Å². The van der Waals surface area contributed by atoms with Crippen LogP contribution in [0.3, 0.4) is 0 Å². The molecule has 3 aromatic rings. The molecule has 1 saturated heterocycles. The van der Waals surface area contributed by atoms with Crippen LogP contribution >= 0.6 is 0 Å². The van der Waals surface area contributed by atoms with Crippen LogP contribution < -0.4 is 10.2 Å². The summed E-state index contributed by atoms with van der Waals surface area (Å²) in [5.74, 6) is -2.93. The summed E-state index contributed by atoms with van der Waals surface area (Å²) in [7, 11) is 0. The first-order valence-corrected chi connectivity index (χ1v) is 9.98. The number of aromatic amines is 1. The number of carboxylic acid groups (broad SMARTS) is 1. The lowest BCUT2D eigenvalue weighted by Gasteiger charge is -2.19. The highest BCUT2D eigenvalue weighted by Gasteiger charge is 2.36. The lowest BCUT2D eigenvalue weighted by atomic mass is 10.0. The van der Waals surface area contributed by atoms with Gasteiger partial charge in [0.1, 0.15) is 11.9 Å². The van der Waals surface area contributed by atoms with Gasteiger partial charge in [-0.05, 0) is 42.3 Å². The number of hydrogen-bond acceptors (Lipinski definition) is 3. The predicted octanol–water partition coefficient (Wildman–Crippen LogP) is 2.78. The molecule has 160 valence electrons. The van der Waals surface area contributed by atoms with Crippen molar-refractivity contribution in [2.75, 3.05) is 11.4 Å². The van der Waals surface area contributed by atoms with Gasteiger partial charge in [-0.2, -0.15) is 0 Å². The normalized spacial score (nSPS) is 17.2. The third kappa shape index (κ3) is 4.14. The van der Waals surface area contributed by atoms with Crippen LogP contribution in [0.15, 0.2) is 48.7 Å². The Morgan fingerprint density at radius 1 is 1.29 bits per heavy atom. The van der Waals surface area contributed by atoms with Gasteiger partial charge in [0.15, 0.2) is 0 Å². The van der Waals surface area contributed by atoms with Crippen LogP contribution in [0, 0.1) is 18.7 Å². The smallest absolute Gasteiger partial charge is 0.326 e. The van der Waals surface area contributed by atoms with Crippen molar-refractivity contribution in [3.63, 3.8) is 0 Å². The van der Waals surface area contributed by atoms with Gasteiger partial charge in [0.25, 0.3) is 0 Å². The number of aromatic nitrogens is 1. The van der Waals surface area contributed by atoms with Crippen molar-refractivity contribution in [1.29, 1.82) is 0 Å². The molecule has 1 aliphatic heterocycles. The van der Waals surface area contributed by atoms with Gasteiger partial charge >= 0.3 is 5.97 Å². The molecule has 8 heteroatoms. The first kappa shape index (κ1) is 20.6. The zero-order valence-corrected chi connectivity index (χ0v) is 16.9. The number of hydrogen-bond donors (Lipinski definition) is 3. The summed E-state index contributed by atoms with van der Waals surface area (Å²) >= 11 is 0. The number of carboxylic acids is 1. The fourth-order valence-electron chi connectivity index (χ4n) is 3.94. The van der Waals surface area contributed by atoms with Crippen LogP contribution in [0.2, 0.25) is 0 Å². The Bertz CT molecular complexity index is 1170. The molecule has 2 heterocycles. The standard InChI is InChI=1S/C23H22FN3O4/c1-13-8-16(6-7-18(13)24)27-12-15(10-21(27)28)22(29)26-20(23(30)31)9-14-11-25-19-5-3-2-4-17(14)19/h2-8,11,15,20,25H,9-10,12H2,1H3,(H,26,29)(H,30,31). The van der Waals surface area contributed by atoms with Gasteiger partial charge < -0.3 is 20.3 Å². The van der Waals surface area contributed by atoms with E-state index in [4.69, 9.17) is 0 Å². The molecule has 1 aromatic heterocycles. The molecule has 3 N–H and O–H groups in total. The Morgan fingerprint density at radius 3 is 2.81 bits per heavy atom. The minimum Gasteiger partial charge on any atom is -0.480 e. The molecule has 7 nitrogen and oxygen atoms in total. The Hall–Kier alpha value is -3.68. The van der Waals surface area contributed by atoms with E-state index in [0.717, 1.165) is 16.5 Å². The fraction of sp³-hybridized carbons (Fsp3) is 0.261. The Labute approximate surface area is 177 Å². The number of para-hydroxylation sites is 1. The van der Waals surface area contributed by atoms with Crippen molar-refractivity contribution in [3.05, 3.63) is 65.6 Å². The first-order valence-electron chi connectivity index (χ1n) is 9.98. The highest BCUT2D eigenvalue weighted by atomic mass is 19.1. The van der Waals surface area contributed by atoms with E-state index in [1.54, 1.807) is 19.2 Å². The molecule has 1 aliphatic rings. The SMILES string of the molecule is Cc1cc(N2CC(C(=O)NC(Cc3c[nH]c4ccccc34)C(=O)O)CC2=O)ccc1F. The number of aryl methyl sites for hydroxylation is 1. The van der Waals surface area contributed by atoms with E-state index in [-0.39, 0.29) is 31.1 Å². The van der Waals surface area contributed by atoms with E-state index >= 15 is 0 Å². The molecule has 1 fully saturated rings. The molecule has 2 unspecified atom stereocenters. The number of benzene rings is 2. The Kier molecular flexibility index (Phi) is 5.46. The molecule has 4 rings (SSSR count). The molecule has 31 heavy (non-hydrogen) atoms. The second kappa shape index (κ2) is 8.22. The molecule has 2 amide bonds. The number of amides is 2. The second-order valence-electron chi connectivity index (χ2n) is 7.80. The lowest BCUT2D eigenvalue weighted by Crippen LogP contribution is -2.45. The van der Waals surface area contributed by atoms with Crippen molar-refractivity contribution in [1.82, 2.24) is 10.3 Å². The number of anilines is 1. The molecule has 0 bridgehead atoms. The topological polar surface area (TPSA) is 102 Å². The van der Waals surface area contributed by atoms with E-state index in [1.165, 1.54) is 17.0 Å². The Morgan fingerprint density at radius 2 is 2.06 bits per heavy atom. The van der Waals surface area contributed by atoms with Crippen molar-refractivity contribution < 1.29 is 23.9 Å². The monoisotopic (exact) mass is 423 g/mol. The highest BCUT2D eigenvalue weighted by molar-refractivity contribution is 6.01. The summed E-state index contributed by atoms with van der Waals surface area (Å²) in [5, 5.41) is 13.1. The summed E-state index contributed by atoms with van der Waals surface area (Å²) in [6.07, 6.45) is 1.83. The summed E-state index contributed by atoms with van der Waals surface area (Å²) in [6.45, 7) is 1.72. The number of carbonyl (C=O) groups excluding carboxylic acids is 2. The molecular weight excluding hydrogens is 401 g/mol. The van der Waals surface area contributed by atoms with Gasteiger partial charge in [0, 0.05) is 42.2 Å². The number of rotatable bonds is 6. The van der Waals surface area contributed by atoms with Crippen molar-refractivity contribution in [3.8, 4) is 0 Å². The minimum atomic E-state index is -1.14. The van der Waals surface area contributed by atoms with Crippen LogP contribution in [-0.2, 0) is 20.8 Å². The predicted molar refractivity (Wildman–Crippen MR) is 113 cm³/mol. The second-order valence-corrected chi connectivity index (χ2v) is 7.80. The number of halogens is 1. The van der Waals surface area contributed by atoms with E-state index in [9.17, 15) is 23.9 Å². The quantitative estimate of drug-likeness (QED) is 0.567. The summed E-state index contributed by atoms with van der Waals surface area (Å²) in [4.78, 5) is 41.5. The largest absolute Gasteiger partial charge is 0.480 e. The zero-order chi connectivity index (χ0) is 22.1. The third-order valence-corrected chi connectivity index (χ3v) is 5.66. The average Bonchev–Trinajstić information content (AvgIpc) is 3.33. The maximum atomic E-state index is 13.5. The average molecular weight is 423 g/mol. The van der Waals surface area contributed by atoms with Crippen LogP contribution in [0.25, 0.3) is 10.9 Å². The number of carbonyl (C=O) groups is 3. The van der Waals surface area contributed by atoms with E-state index in [1.807, 2.05) is 24.3 Å². The summed E-state index contributed by atoms with van der Waals surface area (Å²) in [6, 6.07) is 10.7. The van der Waals surface area contributed by atoms with Gasteiger partial charge in [-0.1, -0.05) is 18.2 Å². The van der Waals surface area contributed by atoms with Gasteiger partial charge in [-0.25, -0.2) is 9.18 Å². The van der Waals surface area contributed by atoms with Gasteiger partial charge in [0.2, 0.25) is 11.8 Å².